The van der Waals surface area contributed by atoms with E-state index in [0.29, 0.717) is 0 Å². The van der Waals surface area contributed by atoms with Crippen molar-refractivity contribution in [2.24, 2.45) is 0 Å². The Balaban J connectivity index is -0.000000163. The van der Waals surface area contributed by atoms with Crippen molar-refractivity contribution in [1.82, 2.24) is 0 Å². The molecule has 104 valence electrons. The van der Waals surface area contributed by atoms with Crippen LogP contribution in [0.5, 0.6) is 0 Å². The van der Waals surface area contributed by atoms with Crippen molar-refractivity contribution in [3.63, 3.8) is 0 Å². The van der Waals surface area contributed by atoms with Crippen molar-refractivity contribution in [1.29, 1.82) is 0 Å². The van der Waals surface area contributed by atoms with Crippen molar-refractivity contribution in [3.8, 4) is 0 Å². The first kappa shape index (κ1) is 22.1. The molecule has 0 aromatic heterocycles. The van der Waals surface area contributed by atoms with Gasteiger partial charge in [0.05, 0.1) is 28.2 Å². The zero-order chi connectivity index (χ0) is 11.6. The van der Waals surface area contributed by atoms with Gasteiger partial charge in [-0.25, -0.2) is 12.1 Å². The van der Waals surface area contributed by atoms with E-state index >= 15 is 0 Å². The summed E-state index contributed by atoms with van der Waals surface area (Å²) in [7, 11) is 8.50. The number of rotatable bonds is 0. The van der Waals surface area contributed by atoms with Crippen LogP contribution in [0.1, 0.15) is 0 Å². The molecule has 17 heavy (non-hydrogen) atoms. The van der Waals surface area contributed by atoms with Crippen LogP contribution in [-0.2, 0) is 17.1 Å². The van der Waals surface area contributed by atoms with E-state index in [1.54, 1.807) is 0 Å². The van der Waals surface area contributed by atoms with Gasteiger partial charge in [-0.1, -0.05) is 0 Å². The van der Waals surface area contributed by atoms with Gasteiger partial charge in [0.15, 0.2) is 0 Å². The van der Waals surface area contributed by atoms with E-state index in [9.17, 15) is 0 Å². The van der Waals surface area contributed by atoms with Crippen LogP contribution in [0.3, 0.4) is 0 Å². The minimum atomic E-state index is 0. The first-order chi connectivity index (χ1) is 7.00. The molecule has 0 bridgehead atoms. The fraction of sp³-hybridized carbons (Fsp3) is 0.286. The minimum Gasteiger partial charge on any atom is -1.00 e. The number of hydrogen-bond donors (Lipinski definition) is 0. The van der Waals surface area contributed by atoms with Gasteiger partial charge in [0.1, 0.15) is 0 Å². The van der Waals surface area contributed by atoms with Crippen LogP contribution in [0.2, 0.25) is 0 Å². The molecule has 0 radical (unpaired) electrons. The summed E-state index contributed by atoms with van der Waals surface area (Å²) in [4.78, 5) is 0. The van der Waals surface area contributed by atoms with Crippen molar-refractivity contribution in [2.45, 2.75) is 0 Å². The molecule has 0 N–H and O–H groups in total. The predicted octanol–water partition coefficient (Wildman–Crippen LogP) is 0.135. The van der Waals surface area contributed by atoms with Crippen molar-refractivity contribution in [2.75, 3.05) is 28.2 Å². The molecule has 0 heterocycles. The topological polar surface area (TPSA) is 0 Å². The van der Waals surface area contributed by atoms with Gasteiger partial charge in [0.25, 0.3) is 0 Å². The second-order valence-electron chi connectivity index (χ2n) is 4.61. The second-order valence-corrected chi connectivity index (χ2v) is 4.61. The largest absolute Gasteiger partial charge is 1.00 e. The Hall–Kier alpha value is -0.0905. The van der Waals surface area contributed by atoms with Crippen LogP contribution >= 0.6 is 0 Å². The third-order valence-electron chi connectivity index (χ3n) is 1.11. The Morgan fingerprint density at radius 1 is 0.706 bits per heavy atom. The molecule has 0 unspecified atom stereocenters. The number of halogens is 1. The number of nitrogens with zero attached hydrogens (tertiary/aromatic N) is 1. The Labute approximate surface area is 134 Å². The summed E-state index contributed by atoms with van der Waals surface area (Å²) in [6.07, 6.45) is 0. The molecule has 2 aromatic rings. The number of quaternary nitrogens is 1. The SMILES string of the molecule is C[N+](C)(C)C.[Fe].[I-].[cH-]1[cH-][cH-][cH-][cH-]1.c1cc[cH-]c1. The van der Waals surface area contributed by atoms with Gasteiger partial charge < -0.3 is 58.8 Å². The molecule has 2 rings (SSSR count). The molecule has 0 aliphatic carbocycles. The smallest absolute Gasteiger partial charge is 0.0675 e. The summed E-state index contributed by atoms with van der Waals surface area (Å²) in [6.45, 7) is 0. The Bertz CT molecular complexity index is 216. The van der Waals surface area contributed by atoms with Gasteiger partial charge in [0, 0.05) is 17.1 Å². The zero-order valence-electron chi connectivity index (χ0n) is 11.0. The quantitative estimate of drug-likeness (QED) is 0.261. The van der Waals surface area contributed by atoms with E-state index in [4.69, 9.17) is 0 Å². The molecule has 0 saturated carbocycles. The summed E-state index contributed by atoms with van der Waals surface area (Å²) in [6, 6.07) is 20.0. The van der Waals surface area contributed by atoms with Crippen LogP contribution in [0.15, 0.2) is 60.7 Å². The summed E-state index contributed by atoms with van der Waals surface area (Å²) >= 11 is 0. The predicted molar refractivity (Wildman–Crippen MR) is 68.0 cm³/mol. The van der Waals surface area contributed by atoms with E-state index in [1.807, 2.05) is 60.7 Å². The van der Waals surface area contributed by atoms with E-state index in [-0.39, 0.29) is 41.0 Å². The molecule has 0 fully saturated rings. The molecular formula is C14H22FeIN-6. The maximum Gasteiger partial charge on any atom is 0.0675 e. The molecule has 0 aliphatic heterocycles. The normalized spacial score (nSPS) is 8.24. The summed E-state index contributed by atoms with van der Waals surface area (Å²) in [5, 5.41) is 0. The van der Waals surface area contributed by atoms with Gasteiger partial charge in [-0.2, -0.15) is 18.2 Å². The van der Waals surface area contributed by atoms with E-state index in [1.165, 1.54) is 0 Å². The zero-order valence-corrected chi connectivity index (χ0v) is 14.2. The fourth-order valence-electron chi connectivity index (χ4n) is 0.642. The van der Waals surface area contributed by atoms with Gasteiger partial charge in [-0.3, -0.25) is 0 Å². The molecule has 0 atom stereocenters. The summed E-state index contributed by atoms with van der Waals surface area (Å²) < 4.78 is 1.00. The maximum atomic E-state index is 2.12. The molecule has 1 nitrogen and oxygen atoms in total. The van der Waals surface area contributed by atoms with Gasteiger partial charge in [-0.15, -0.1) is 0 Å². The molecule has 0 amide bonds. The van der Waals surface area contributed by atoms with Gasteiger partial charge >= 0.3 is 0 Å². The summed E-state index contributed by atoms with van der Waals surface area (Å²) in [5.74, 6) is 0. The monoisotopic (exact) mass is 387 g/mol. The Morgan fingerprint density at radius 3 is 1.06 bits per heavy atom. The third-order valence-corrected chi connectivity index (χ3v) is 1.11. The van der Waals surface area contributed by atoms with Gasteiger partial charge in [0.2, 0.25) is 0 Å². The Kier molecular flexibility index (Phi) is 18.2. The van der Waals surface area contributed by atoms with Crippen molar-refractivity contribution in [3.05, 3.63) is 60.7 Å². The van der Waals surface area contributed by atoms with E-state index in [2.05, 4.69) is 28.2 Å². The average molecular weight is 387 g/mol. The van der Waals surface area contributed by atoms with Crippen LogP contribution < -0.4 is 24.0 Å². The van der Waals surface area contributed by atoms with Crippen LogP contribution in [0.25, 0.3) is 0 Å². The van der Waals surface area contributed by atoms with Crippen molar-refractivity contribution < 1.29 is 45.5 Å². The third kappa shape index (κ3) is 31.3. The minimum absolute atomic E-state index is 0. The molecule has 0 spiro atoms. The van der Waals surface area contributed by atoms with E-state index < -0.39 is 0 Å². The molecular weight excluding hydrogens is 365 g/mol. The number of hydrogen-bond acceptors (Lipinski definition) is 0. The maximum absolute atomic E-state index is 2.12. The van der Waals surface area contributed by atoms with Crippen molar-refractivity contribution >= 4 is 0 Å². The van der Waals surface area contributed by atoms with Crippen LogP contribution in [0.4, 0.5) is 0 Å². The van der Waals surface area contributed by atoms with Crippen LogP contribution in [0, 0.1) is 0 Å². The van der Waals surface area contributed by atoms with Crippen LogP contribution in [-0.4, -0.2) is 32.7 Å². The standard InChI is InChI=1S/2C5H5.C4H12N.Fe.HI/c2*1-2-4-5-3-1;1-5(2,3)4;;/h2*1-5H;1-4H3;;1H/q-5;-1;+1;;/p-1. The first-order valence-electron chi connectivity index (χ1n) is 5.12. The average Bonchev–Trinajstić information content (AvgIpc) is 2.81. The molecule has 2 aromatic carbocycles. The molecule has 0 aliphatic rings. The first-order valence-corrected chi connectivity index (χ1v) is 5.12. The van der Waals surface area contributed by atoms with E-state index in [0.717, 1.165) is 4.48 Å². The van der Waals surface area contributed by atoms with Gasteiger partial charge in [-0.05, 0) is 0 Å². The fourth-order valence-corrected chi connectivity index (χ4v) is 0.642. The molecule has 3 heteroatoms. The summed E-state index contributed by atoms with van der Waals surface area (Å²) in [5.41, 5.74) is 0. The Morgan fingerprint density at radius 2 is 0.941 bits per heavy atom. The molecule has 0 saturated heterocycles. The second kappa shape index (κ2) is 14.0.